The van der Waals surface area contributed by atoms with Crippen LogP contribution in [0, 0.1) is 5.92 Å². The van der Waals surface area contributed by atoms with E-state index in [0.717, 1.165) is 11.4 Å². The van der Waals surface area contributed by atoms with Crippen molar-refractivity contribution in [1.82, 2.24) is 0 Å². The average molecular weight is 394 g/mol. The van der Waals surface area contributed by atoms with E-state index in [1.807, 2.05) is 13.8 Å². The van der Waals surface area contributed by atoms with Gasteiger partial charge in [-0.3, -0.25) is 9.59 Å². The number of anilines is 3. The quantitative estimate of drug-likeness (QED) is 0.617. The monoisotopic (exact) mass is 393 g/mol. The van der Waals surface area contributed by atoms with E-state index in [4.69, 9.17) is 23.2 Å². The van der Waals surface area contributed by atoms with Crippen molar-refractivity contribution in [3.05, 3.63) is 52.5 Å². The molecule has 0 aliphatic rings. The molecule has 0 unspecified atom stereocenters. The molecular weight excluding hydrogens is 373 g/mol. The van der Waals surface area contributed by atoms with Crippen LogP contribution in [0.1, 0.15) is 20.3 Å². The molecule has 3 N–H and O–H groups in total. The van der Waals surface area contributed by atoms with Crippen LogP contribution < -0.4 is 16.0 Å². The van der Waals surface area contributed by atoms with Gasteiger partial charge in [-0.05, 0) is 48.4 Å². The Bertz CT molecular complexity index is 757. The molecule has 2 aromatic rings. The molecule has 2 aromatic carbocycles. The fraction of sp³-hybridized carbons (Fsp3) is 0.263. The molecule has 7 heteroatoms. The number of hydrogen-bond donors (Lipinski definition) is 3. The van der Waals surface area contributed by atoms with Gasteiger partial charge in [-0.2, -0.15) is 0 Å². The third-order valence-corrected chi connectivity index (χ3v) is 3.80. The number of amides is 2. The van der Waals surface area contributed by atoms with Gasteiger partial charge in [0.25, 0.3) is 0 Å². The van der Waals surface area contributed by atoms with Gasteiger partial charge in [0.2, 0.25) is 11.8 Å². The lowest BCUT2D eigenvalue weighted by molar-refractivity contribution is -0.117. The van der Waals surface area contributed by atoms with Crippen LogP contribution in [0.5, 0.6) is 0 Å². The molecule has 0 heterocycles. The maximum Gasteiger partial charge on any atom is 0.243 e. The fourth-order valence-corrected chi connectivity index (χ4v) is 2.79. The topological polar surface area (TPSA) is 70.2 Å². The summed E-state index contributed by atoms with van der Waals surface area (Å²) in [5.41, 5.74) is 2.03. The minimum absolute atomic E-state index is 0.0136. The van der Waals surface area contributed by atoms with Crippen molar-refractivity contribution < 1.29 is 9.59 Å². The van der Waals surface area contributed by atoms with Crippen LogP contribution in [-0.4, -0.2) is 18.4 Å². The number of rotatable bonds is 7. The Morgan fingerprint density at radius 3 is 1.96 bits per heavy atom. The van der Waals surface area contributed by atoms with Crippen molar-refractivity contribution in [1.29, 1.82) is 0 Å². The highest BCUT2D eigenvalue weighted by atomic mass is 35.5. The highest BCUT2D eigenvalue weighted by molar-refractivity contribution is 6.35. The summed E-state index contributed by atoms with van der Waals surface area (Å²) in [7, 11) is 0. The molecule has 0 atom stereocenters. The molecule has 0 fully saturated rings. The van der Waals surface area contributed by atoms with Crippen molar-refractivity contribution in [3.63, 3.8) is 0 Å². The van der Waals surface area contributed by atoms with Crippen LogP contribution in [0.2, 0.25) is 10.0 Å². The smallest absolute Gasteiger partial charge is 0.243 e. The van der Waals surface area contributed by atoms with Gasteiger partial charge in [-0.1, -0.05) is 37.0 Å². The van der Waals surface area contributed by atoms with Crippen LogP contribution in [0.3, 0.4) is 0 Å². The van der Waals surface area contributed by atoms with Crippen molar-refractivity contribution in [2.45, 2.75) is 20.3 Å². The normalized spacial score (nSPS) is 10.5. The average Bonchev–Trinajstić information content (AvgIpc) is 2.52. The van der Waals surface area contributed by atoms with Crippen molar-refractivity contribution in [2.75, 3.05) is 22.5 Å². The van der Waals surface area contributed by atoms with Crippen LogP contribution in [0.4, 0.5) is 17.1 Å². The number of nitrogens with one attached hydrogen (secondary N) is 3. The first-order chi connectivity index (χ1) is 12.3. The summed E-state index contributed by atoms with van der Waals surface area (Å²) in [6, 6.07) is 12.0. The number of carbonyl (C=O) groups is 2. The van der Waals surface area contributed by atoms with E-state index in [2.05, 4.69) is 16.0 Å². The Morgan fingerprint density at radius 2 is 1.38 bits per heavy atom. The van der Waals surface area contributed by atoms with Crippen LogP contribution in [-0.2, 0) is 9.59 Å². The molecule has 0 radical (unpaired) electrons. The zero-order valence-electron chi connectivity index (χ0n) is 14.6. The largest absolute Gasteiger partial charge is 0.376 e. The molecule has 0 aliphatic heterocycles. The van der Waals surface area contributed by atoms with E-state index in [9.17, 15) is 9.59 Å². The standard InChI is InChI=1S/C19H21Cl2N3O2/c1-12(2)7-18(25)23-16-5-3-15(4-6-16)22-11-19(26)24-17-9-13(20)8-14(21)10-17/h3-6,8-10,12,22H,7,11H2,1-2H3,(H,23,25)(H,24,26). The molecular formula is C19H21Cl2N3O2. The van der Waals surface area contributed by atoms with E-state index >= 15 is 0 Å². The Labute approximate surface area is 163 Å². The summed E-state index contributed by atoms with van der Waals surface area (Å²) >= 11 is 11.8. The lowest BCUT2D eigenvalue weighted by Crippen LogP contribution is -2.21. The number of benzene rings is 2. The molecule has 138 valence electrons. The summed E-state index contributed by atoms with van der Waals surface area (Å²) in [5.74, 6) is 0.0711. The highest BCUT2D eigenvalue weighted by Crippen LogP contribution is 2.22. The van der Waals surface area contributed by atoms with Crippen LogP contribution in [0.15, 0.2) is 42.5 Å². The van der Waals surface area contributed by atoms with Gasteiger partial charge >= 0.3 is 0 Å². The second kappa shape index (κ2) is 9.46. The van der Waals surface area contributed by atoms with E-state index in [-0.39, 0.29) is 18.4 Å². The van der Waals surface area contributed by atoms with Crippen molar-refractivity contribution in [3.8, 4) is 0 Å². The molecule has 5 nitrogen and oxygen atoms in total. The Kier molecular flexibility index (Phi) is 7.30. The summed E-state index contributed by atoms with van der Waals surface area (Å²) in [4.78, 5) is 23.8. The maximum atomic E-state index is 12.0. The fourth-order valence-electron chi connectivity index (χ4n) is 2.27. The van der Waals surface area contributed by atoms with Crippen molar-refractivity contribution in [2.24, 2.45) is 5.92 Å². The van der Waals surface area contributed by atoms with Gasteiger partial charge in [0.05, 0.1) is 6.54 Å². The molecule has 0 spiro atoms. The summed E-state index contributed by atoms with van der Waals surface area (Å²) in [6.07, 6.45) is 0.480. The Balaban J connectivity index is 1.83. The van der Waals surface area contributed by atoms with Crippen LogP contribution >= 0.6 is 23.2 Å². The highest BCUT2D eigenvalue weighted by Gasteiger charge is 2.06. The SMILES string of the molecule is CC(C)CC(=O)Nc1ccc(NCC(=O)Nc2cc(Cl)cc(Cl)c2)cc1. The van der Waals surface area contributed by atoms with Crippen molar-refractivity contribution >= 4 is 52.1 Å². The third-order valence-electron chi connectivity index (χ3n) is 3.36. The minimum atomic E-state index is -0.224. The molecule has 26 heavy (non-hydrogen) atoms. The summed E-state index contributed by atoms with van der Waals surface area (Å²) < 4.78 is 0. The van der Waals surface area contributed by atoms with Gasteiger partial charge in [0.15, 0.2) is 0 Å². The molecule has 2 rings (SSSR count). The second-order valence-corrected chi connectivity index (χ2v) is 7.16. The molecule has 0 saturated carbocycles. The van der Waals surface area contributed by atoms with Crippen LogP contribution in [0.25, 0.3) is 0 Å². The van der Waals surface area contributed by atoms with Gasteiger partial charge in [0.1, 0.15) is 0 Å². The third kappa shape index (κ3) is 6.94. The first-order valence-corrected chi connectivity index (χ1v) is 8.97. The zero-order chi connectivity index (χ0) is 19.1. The molecule has 0 aromatic heterocycles. The molecule has 0 aliphatic carbocycles. The Morgan fingerprint density at radius 1 is 0.846 bits per heavy atom. The summed E-state index contributed by atoms with van der Waals surface area (Å²) in [6.45, 7) is 4.08. The lowest BCUT2D eigenvalue weighted by atomic mass is 10.1. The van der Waals surface area contributed by atoms with Gasteiger partial charge in [-0.25, -0.2) is 0 Å². The van der Waals surface area contributed by atoms with E-state index < -0.39 is 0 Å². The van der Waals surface area contributed by atoms with Gasteiger partial charge in [0, 0.05) is 33.5 Å². The van der Waals surface area contributed by atoms with Gasteiger partial charge < -0.3 is 16.0 Å². The minimum Gasteiger partial charge on any atom is -0.376 e. The van der Waals surface area contributed by atoms with Gasteiger partial charge in [-0.15, -0.1) is 0 Å². The molecule has 0 saturated heterocycles. The predicted molar refractivity (Wildman–Crippen MR) is 108 cm³/mol. The lowest BCUT2D eigenvalue weighted by Gasteiger charge is -2.10. The maximum absolute atomic E-state index is 12.0. The number of hydrogen-bond acceptors (Lipinski definition) is 3. The zero-order valence-corrected chi connectivity index (χ0v) is 16.1. The molecule has 2 amide bonds. The number of halogens is 2. The molecule has 0 bridgehead atoms. The first-order valence-electron chi connectivity index (χ1n) is 8.21. The first kappa shape index (κ1) is 20.1. The second-order valence-electron chi connectivity index (χ2n) is 6.28. The van der Waals surface area contributed by atoms with E-state index in [1.54, 1.807) is 42.5 Å². The summed E-state index contributed by atoms with van der Waals surface area (Å²) in [5, 5.41) is 9.48. The Hall–Kier alpha value is -2.24. The van der Waals surface area contributed by atoms with E-state index in [0.29, 0.717) is 28.1 Å². The van der Waals surface area contributed by atoms with E-state index in [1.165, 1.54) is 0 Å². The number of carbonyl (C=O) groups excluding carboxylic acids is 2. The predicted octanol–water partition coefficient (Wildman–Crippen LogP) is 5.03.